The first-order valence-corrected chi connectivity index (χ1v) is 6.83. The van der Waals surface area contributed by atoms with Gasteiger partial charge in [-0.3, -0.25) is 4.79 Å². The lowest BCUT2D eigenvalue weighted by Crippen LogP contribution is -2.28. The van der Waals surface area contributed by atoms with E-state index in [-0.39, 0.29) is 11.7 Å². The molecule has 0 radical (unpaired) electrons. The van der Waals surface area contributed by atoms with Crippen LogP contribution in [0.4, 0.5) is 15.8 Å². The van der Waals surface area contributed by atoms with Gasteiger partial charge in [-0.05, 0) is 30.3 Å². The van der Waals surface area contributed by atoms with E-state index < -0.39 is 5.82 Å². The van der Waals surface area contributed by atoms with Crippen molar-refractivity contribution in [2.75, 3.05) is 38.1 Å². The van der Waals surface area contributed by atoms with Gasteiger partial charge in [0.05, 0.1) is 18.5 Å². The number of hydrogen-bond donors (Lipinski definition) is 0. The summed E-state index contributed by atoms with van der Waals surface area (Å²) in [6.07, 6.45) is 0. The molecule has 0 atom stereocenters. The minimum atomic E-state index is -0.490. The zero-order chi connectivity index (χ0) is 16.3. The number of halogens is 1. The number of carbonyl (C=O) groups excluding carboxylic acids is 1. The van der Waals surface area contributed by atoms with Gasteiger partial charge < -0.3 is 14.5 Å². The number of benzene rings is 2. The fourth-order valence-corrected chi connectivity index (χ4v) is 2.22. The SMILES string of the molecule is COc1cc(C(=O)N(C)c2ccccc2N(C)C)ccc1F. The highest BCUT2D eigenvalue weighted by atomic mass is 19.1. The van der Waals surface area contributed by atoms with Crippen molar-refractivity contribution in [3.8, 4) is 5.75 Å². The van der Waals surface area contributed by atoms with Gasteiger partial charge in [-0.25, -0.2) is 4.39 Å². The van der Waals surface area contributed by atoms with Gasteiger partial charge in [0.1, 0.15) is 0 Å². The minimum absolute atomic E-state index is 0.0557. The van der Waals surface area contributed by atoms with Crippen LogP contribution in [0.2, 0.25) is 0 Å². The lowest BCUT2D eigenvalue weighted by atomic mass is 10.1. The van der Waals surface area contributed by atoms with Crippen LogP contribution in [0.5, 0.6) is 5.75 Å². The molecule has 0 bridgehead atoms. The summed E-state index contributed by atoms with van der Waals surface area (Å²) in [6.45, 7) is 0. The molecule has 22 heavy (non-hydrogen) atoms. The highest BCUT2D eigenvalue weighted by Crippen LogP contribution is 2.28. The molecule has 116 valence electrons. The van der Waals surface area contributed by atoms with Crippen LogP contribution in [0, 0.1) is 5.82 Å². The third-order valence-electron chi connectivity index (χ3n) is 3.43. The smallest absolute Gasteiger partial charge is 0.258 e. The van der Waals surface area contributed by atoms with E-state index in [0.29, 0.717) is 5.56 Å². The molecule has 0 spiro atoms. The van der Waals surface area contributed by atoms with Crippen LogP contribution in [-0.2, 0) is 0 Å². The fourth-order valence-electron chi connectivity index (χ4n) is 2.22. The van der Waals surface area contributed by atoms with Crippen LogP contribution in [0.1, 0.15) is 10.4 Å². The van der Waals surface area contributed by atoms with Crippen molar-refractivity contribution in [3.05, 3.63) is 53.8 Å². The Morgan fingerprint density at radius 3 is 2.27 bits per heavy atom. The van der Waals surface area contributed by atoms with E-state index in [9.17, 15) is 9.18 Å². The summed E-state index contributed by atoms with van der Waals surface area (Å²) in [7, 11) is 6.90. The van der Waals surface area contributed by atoms with Crippen LogP contribution in [0.15, 0.2) is 42.5 Å². The number of hydrogen-bond acceptors (Lipinski definition) is 3. The number of carbonyl (C=O) groups is 1. The number of methoxy groups -OCH3 is 1. The first-order chi connectivity index (χ1) is 10.5. The van der Waals surface area contributed by atoms with Crippen LogP contribution in [0.25, 0.3) is 0 Å². The monoisotopic (exact) mass is 302 g/mol. The van der Waals surface area contributed by atoms with E-state index in [1.54, 1.807) is 11.9 Å². The molecule has 0 saturated carbocycles. The average Bonchev–Trinajstić information content (AvgIpc) is 2.53. The Morgan fingerprint density at radius 2 is 1.68 bits per heavy atom. The van der Waals surface area contributed by atoms with Crippen molar-refractivity contribution in [1.82, 2.24) is 0 Å². The summed E-state index contributed by atoms with van der Waals surface area (Å²) in [5.74, 6) is -0.664. The topological polar surface area (TPSA) is 32.8 Å². The highest BCUT2D eigenvalue weighted by Gasteiger charge is 2.18. The number of anilines is 2. The van der Waals surface area contributed by atoms with Crippen LogP contribution in [-0.4, -0.2) is 34.2 Å². The van der Waals surface area contributed by atoms with E-state index in [2.05, 4.69) is 0 Å². The predicted molar refractivity (Wildman–Crippen MR) is 86.5 cm³/mol. The summed E-state index contributed by atoms with van der Waals surface area (Å²) >= 11 is 0. The van der Waals surface area contributed by atoms with Gasteiger partial charge in [-0.1, -0.05) is 12.1 Å². The largest absolute Gasteiger partial charge is 0.494 e. The Kier molecular flexibility index (Phi) is 4.65. The molecular weight excluding hydrogens is 283 g/mol. The number of para-hydroxylation sites is 2. The first kappa shape index (κ1) is 15.8. The maximum Gasteiger partial charge on any atom is 0.258 e. The lowest BCUT2D eigenvalue weighted by Gasteiger charge is -2.24. The van der Waals surface area contributed by atoms with Gasteiger partial charge in [-0.15, -0.1) is 0 Å². The lowest BCUT2D eigenvalue weighted by molar-refractivity contribution is 0.0992. The molecule has 2 aromatic carbocycles. The highest BCUT2D eigenvalue weighted by molar-refractivity contribution is 6.07. The van der Waals surface area contributed by atoms with Crippen LogP contribution >= 0.6 is 0 Å². The van der Waals surface area contributed by atoms with Crippen molar-refractivity contribution in [2.45, 2.75) is 0 Å². The summed E-state index contributed by atoms with van der Waals surface area (Å²) in [6, 6.07) is 11.7. The molecule has 0 aromatic heterocycles. The molecule has 1 amide bonds. The molecule has 0 N–H and O–H groups in total. The molecule has 2 aromatic rings. The quantitative estimate of drug-likeness (QED) is 0.869. The summed E-state index contributed by atoms with van der Waals surface area (Å²) < 4.78 is 18.4. The maximum absolute atomic E-state index is 13.5. The van der Waals surface area contributed by atoms with Gasteiger partial charge in [0.25, 0.3) is 5.91 Å². The van der Waals surface area contributed by atoms with Gasteiger partial charge in [-0.2, -0.15) is 0 Å². The van der Waals surface area contributed by atoms with Crippen molar-refractivity contribution >= 4 is 17.3 Å². The van der Waals surface area contributed by atoms with Gasteiger partial charge in [0.15, 0.2) is 11.6 Å². The van der Waals surface area contributed by atoms with Gasteiger partial charge in [0, 0.05) is 26.7 Å². The number of rotatable bonds is 4. The van der Waals surface area contributed by atoms with Crippen molar-refractivity contribution in [3.63, 3.8) is 0 Å². The van der Waals surface area contributed by atoms with E-state index in [1.165, 1.54) is 25.3 Å². The molecule has 0 unspecified atom stereocenters. The fraction of sp³-hybridized carbons (Fsp3) is 0.235. The Labute approximate surface area is 129 Å². The second-order valence-electron chi connectivity index (χ2n) is 5.10. The first-order valence-electron chi connectivity index (χ1n) is 6.83. The standard InChI is InChI=1S/C17H19FN2O2/c1-19(2)14-7-5-6-8-15(14)20(3)17(21)12-9-10-13(18)16(11-12)22-4/h5-11H,1-4H3. The summed E-state index contributed by atoms with van der Waals surface area (Å²) in [5, 5.41) is 0. The van der Waals surface area contributed by atoms with Crippen LogP contribution < -0.4 is 14.5 Å². The molecule has 0 aliphatic rings. The Balaban J connectivity index is 2.38. The van der Waals surface area contributed by atoms with Gasteiger partial charge >= 0.3 is 0 Å². The number of amides is 1. The minimum Gasteiger partial charge on any atom is -0.494 e. The predicted octanol–water partition coefficient (Wildman–Crippen LogP) is 3.18. The Hall–Kier alpha value is -2.56. The Morgan fingerprint density at radius 1 is 1.05 bits per heavy atom. The molecular formula is C17H19FN2O2. The van der Waals surface area contributed by atoms with Crippen molar-refractivity contribution in [1.29, 1.82) is 0 Å². The molecule has 0 heterocycles. The molecule has 0 aliphatic carbocycles. The zero-order valence-electron chi connectivity index (χ0n) is 13.1. The normalized spacial score (nSPS) is 10.2. The molecule has 0 aliphatic heterocycles. The third kappa shape index (κ3) is 3.03. The van der Waals surface area contributed by atoms with Crippen LogP contribution in [0.3, 0.4) is 0 Å². The molecule has 2 rings (SSSR count). The van der Waals surface area contributed by atoms with E-state index in [0.717, 1.165) is 11.4 Å². The molecule has 5 heteroatoms. The number of ether oxygens (including phenoxy) is 1. The summed E-state index contributed by atoms with van der Waals surface area (Å²) in [5.41, 5.74) is 2.07. The van der Waals surface area contributed by atoms with Crippen molar-refractivity contribution in [2.24, 2.45) is 0 Å². The van der Waals surface area contributed by atoms with E-state index in [4.69, 9.17) is 4.74 Å². The average molecular weight is 302 g/mol. The molecule has 0 fully saturated rings. The van der Waals surface area contributed by atoms with E-state index in [1.807, 2.05) is 43.3 Å². The van der Waals surface area contributed by atoms with Gasteiger partial charge in [0.2, 0.25) is 0 Å². The zero-order valence-corrected chi connectivity index (χ0v) is 13.1. The van der Waals surface area contributed by atoms with E-state index >= 15 is 0 Å². The molecule has 4 nitrogen and oxygen atoms in total. The number of nitrogens with zero attached hydrogens (tertiary/aromatic N) is 2. The maximum atomic E-state index is 13.5. The Bertz CT molecular complexity index is 686. The summed E-state index contributed by atoms with van der Waals surface area (Å²) in [4.78, 5) is 16.1. The second kappa shape index (κ2) is 6.47. The van der Waals surface area contributed by atoms with Crippen molar-refractivity contribution < 1.29 is 13.9 Å². The molecule has 0 saturated heterocycles. The second-order valence-corrected chi connectivity index (χ2v) is 5.10. The third-order valence-corrected chi connectivity index (χ3v) is 3.43.